The lowest BCUT2D eigenvalue weighted by atomic mass is 9.88. The van der Waals surface area contributed by atoms with E-state index >= 15 is 0 Å². The number of amides is 1. The van der Waals surface area contributed by atoms with Crippen molar-refractivity contribution in [2.45, 2.75) is 12.3 Å². The molecule has 0 radical (unpaired) electrons. The van der Waals surface area contributed by atoms with Gasteiger partial charge < -0.3 is 19.9 Å². The number of nitrogens with one attached hydrogen (secondary N) is 1. The zero-order valence-electron chi connectivity index (χ0n) is 17.2. The molecule has 0 fully saturated rings. The average molecular weight is 453 g/mol. The lowest BCUT2D eigenvalue weighted by Crippen LogP contribution is -2.22. The molecule has 1 atom stereocenters. The van der Waals surface area contributed by atoms with Crippen LogP contribution in [0.5, 0.6) is 11.5 Å². The number of fused-ring (bicyclic) bond motifs is 1. The molecule has 1 amide bonds. The van der Waals surface area contributed by atoms with Crippen molar-refractivity contribution in [3.63, 3.8) is 0 Å². The number of anilines is 1. The largest absolute Gasteiger partial charge is 0.493 e. The van der Waals surface area contributed by atoms with Crippen LogP contribution in [0.1, 0.15) is 32.5 Å². The normalized spacial score (nSPS) is 14.9. The highest BCUT2D eigenvalue weighted by molar-refractivity contribution is 7.15. The van der Waals surface area contributed by atoms with Crippen molar-refractivity contribution in [3.8, 4) is 22.6 Å². The number of thiophene rings is 1. The van der Waals surface area contributed by atoms with Gasteiger partial charge in [0.15, 0.2) is 11.5 Å². The fourth-order valence-electron chi connectivity index (χ4n) is 3.77. The molecule has 0 saturated heterocycles. The van der Waals surface area contributed by atoms with E-state index in [1.165, 1.54) is 31.4 Å². The first-order chi connectivity index (χ1) is 15.4. The monoisotopic (exact) mass is 453 g/mol. The van der Waals surface area contributed by atoms with E-state index in [2.05, 4.69) is 11.9 Å². The number of hydrogen-bond donors (Lipinski definition) is 2. The van der Waals surface area contributed by atoms with Gasteiger partial charge in [0, 0.05) is 22.8 Å². The minimum atomic E-state index is -1.11. The molecule has 8 heteroatoms. The molecule has 1 aliphatic rings. The highest BCUT2D eigenvalue weighted by atomic mass is 32.1. The number of carboxylic acids is 1. The quantitative estimate of drug-likeness (QED) is 0.474. The standard InChI is InChI=1S/C24H20FNO5S/c1-3-10-31-18-11-14(6-9-17(18)30-2)16-12-19(27)26-21-20(13-4-7-15(25)8-5-13)23(24(28)29)32-22(16)21/h3-9,11,16H,1,10,12H2,2H3,(H,26,27)(H,28,29)/t16-/m1/s1. The van der Waals surface area contributed by atoms with E-state index in [1.54, 1.807) is 18.2 Å². The smallest absolute Gasteiger partial charge is 0.346 e. The Morgan fingerprint density at radius 3 is 2.69 bits per heavy atom. The first-order valence-electron chi connectivity index (χ1n) is 9.80. The van der Waals surface area contributed by atoms with Crippen LogP contribution in [0.2, 0.25) is 0 Å². The zero-order chi connectivity index (χ0) is 22.8. The number of carbonyl (C=O) groups excluding carboxylic acids is 1. The number of carboxylic acid groups (broad SMARTS) is 1. The molecule has 32 heavy (non-hydrogen) atoms. The van der Waals surface area contributed by atoms with Crippen LogP contribution < -0.4 is 14.8 Å². The summed E-state index contributed by atoms with van der Waals surface area (Å²) in [5.74, 6) is -1.09. The molecule has 2 aromatic carbocycles. The van der Waals surface area contributed by atoms with Crippen molar-refractivity contribution < 1.29 is 28.6 Å². The molecule has 2 N–H and O–H groups in total. The molecule has 6 nitrogen and oxygen atoms in total. The fraction of sp³-hybridized carbons (Fsp3) is 0.167. The van der Waals surface area contributed by atoms with E-state index < -0.39 is 11.8 Å². The molecular formula is C24H20FNO5S. The number of benzene rings is 2. The minimum Gasteiger partial charge on any atom is -0.493 e. The molecule has 4 rings (SSSR count). The summed E-state index contributed by atoms with van der Waals surface area (Å²) in [5, 5.41) is 12.7. The zero-order valence-corrected chi connectivity index (χ0v) is 18.0. The van der Waals surface area contributed by atoms with Crippen molar-refractivity contribution in [1.29, 1.82) is 0 Å². The van der Waals surface area contributed by atoms with Crippen LogP contribution in [0.3, 0.4) is 0 Å². The van der Waals surface area contributed by atoms with Gasteiger partial charge in [-0.25, -0.2) is 9.18 Å². The van der Waals surface area contributed by atoms with Crippen LogP contribution in [-0.2, 0) is 4.79 Å². The molecule has 0 spiro atoms. The van der Waals surface area contributed by atoms with Gasteiger partial charge in [-0.05, 0) is 35.4 Å². The second kappa shape index (κ2) is 8.84. The Kier molecular flexibility index (Phi) is 5.96. The molecule has 0 aliphatic carbocycles. The lowest BCUT2D eigenvalue weighted by Gasteiger charge is -2.24. The van der Waals surface area contributed by atoms with Gasteiger partial charge in [-0.2, -0.15) is 0 Å². The number of methoxy groups -OCH3 is 1. The average Bonchev–Trinajstić information content (AvgIpc) is 3.17. The number of hydrogen-bond acceptors (Lipinski definition) is 5. The van der Waals surface area contributed by atoms with E-state index in [0.29, 0.717) is 28.3 Å². The highest BCUT2D eigenvalue weighted by Crippen LogP contribution is 2.50. The van der Waals surface area contributed by atoms with Crippen molar-refractivity contribution in [2.75, 3.05) is 19.0 Å². The fourth-order valence-corrected chi connectivity index (χ4v) is 5.02. The SMILES string of the molecule is C=CCOc1cc([C@H]2CC(=O)Nc3c2sc(C(=O)O)c3-c2ccc(F)cc2)ccc1OC. The van der Waals surface area contributed by atoms with E-state index in [1.807, 2.05) is 6.07 Å². The third kappa shape index (κ3) is 3.97. The Morgan fingerprint density at radius 2 is 2.03 bits per heavy atom. The van der Waals surface area contributed by atoms with E-state index in [9.17, 15) is 19.1 Å². The molecular weight excluding hydrogens is 433 g/mol. The first-order valence-corrected chi connectivity index (χ1v) is 10.6. The van der Waals surface area contributed by atoms with Crippen molar-refractivity contribution in [1.82, 2.24) is 0 Å². The number of aromatic carboxylic acids is 1. The summed E-state index contributed by atoms with van der Waals surface area (Å²) in [7, 11) is 1.54. The van der Waals surface area contributed by atoms with Gasteiger partial charge in [-0.1, -0.05) is 30.9 Å². The van der Waals surface area contributed by atoms with Gasteiger partial charge in [0.25, 0.3) is 0 Å². The maximum absolute atomic E-state index is 13.4. The topological polar surface area (TPSA) is 84.9 Å². The Balaban J connectivity index is 1.86. The van der Waals surface area contributed by atoms with Crippen molar-refractivity contribution in [2.24, 2.45) is 0 Å². The molecule has 0 unspecified atom stereocenters. The van der Waals surface area contributed by atoms with Crippen molar-refractivity contribution >= 4 is 28.9 Å². The Hall–Kier alpha value is -3.65. The highest BCUT2D eigenvalue weighted by Gasteiger charge is 2.34. The van der Waals surface area contributed by atoms with Gasteiger partial charge in [-0.3, -0.25) is 4.79 Å². The van der Waals surface area contributed by atoms with Gasteiger partial charge in [-0.15, -0.1) is 11.3 Å². The molecule has 0 bridgehead atoms. The summed E-state index contributed by atoms with van der Waals surface area (Å²) in [6, 6.07) is 10.9. The van der Waals surface area contributed by atoms with Crippen LogP contribution in [0.15, 0.2) is 55.1 Å². The molecule has 164 valence electrons. The van der Waals surface area contributed by atoms with Gasteiger partial charge in [0.05, 0.1) is 12.8 Å². The van der Waals surface area contributed by atoms with Crippen LogP contribution >= 0.6 is 11.3 Å². The Morgan fingerprint density at radius 1 is 1.28 bits per heavy atom. The van der Waals surface area contributed by atoms with Crippen LogP contribution in [-0.4, -0.2) is 30.7 Å². The van der Waals surface area contributed by atoms with Crippen LogP contribution in [0, 0.1) is 5.82 Å². The molecule has 1 aromatic heterocycles. The maximum atomic E-state index is 13.4. The summed E-state index contributed by atoms with van der Waals surface area (Å²) in [6.07, 6.45) is 1.77. The summed E-state index contributed by atoms with van der Waals surface area (Å²) in [5.41, 5.74) is 2.15. The maximum Gasteiger partial charge on any atom is 0.346 e. The van der Waals surface area contributed by atoms with Gasteiger partial charge in [0.1, 0.15) is 17.3 Å². The second-order valence-electron chi connectivity index (χ2n) is 7.17. The third-order valence-corrected chi connectivity index (χ3v) is 6.47. The van der Waals surface area contributed by atoms with Gasteiger partial charge >= 0.3 is 5.97 Å². The van der Waals surface area contributed by atoms with Gasteiger partial charge in [0.2, 0.25) is 5.91 Å². The molecule has 0 saturated carbocycles. The summed E-state index contributed by atoms with van der Waals surface area (Å²) < 4.78 is 24.5. The number of carbonyl (C=O) groups is 2. The minimum absolute atomic E-state index is 0.0884. The number of halogens is 1. The number of rotatable bonds is 7. The summed E-state index contributed by atoms with van der Waals surface area (Å²) in [4.78, 5) is 25.5. The predicted octanol–water partition coefficient (Wildman–Crippen LogP) is 5.30. The van der Waals surface area contributed by atoms with Crippen molar-refractivity contribution in [3.05, 3.63) is 76.3 Å². The number of ether oxygens (including phenoxy) is 2. The van der Waals surface area contributed by atoms with Crippen LogP contribution in [0.4, 0.5) is 10.1 Å². The van der Waals surface area contributed by atoms with E-state index in [0.717, 1.165) is 21.8 Å². The summed E-state index contributed by atoms with van der Waals surface area (Å²) >= 11 is 1.11. The lowest BCUT2D eigenvalue weighted by molar-refractivity contribution is -0.116. The third-order valence-electron chi connectivity index (χ3n) is 5.18. The summed E-state index contributed by atoms with van der Waals surface area (Å²) in [6.45, 7) is 3.94. The Bertz CT molecular complexity index is 1200. The van der Waals surface area contributed by atoms with E-state index in [-0.39, 0.29) is 29.7 Å². The second-order valence-corrected chi connectivity index (χ2v) is 8.22. The predicted molar refractivity (Wildman–Crippen MR) is 120 cm³/mol. The molecule has 1 aliphatic heterocycles. The first kappa shape index (κ1) is 21.6. The van der Waals surface area contributed by atoms with E-state index in [4.69, 9.17) is 9.47 Å². The molecule has 3 aromatic rings. The Labute approximate surface area is 187 Å². The molecule has 2 heterocycles. The van der Waals surface area contributed by atoms with Crippen LogP contribution in [0.25, 0.3) is 11.1 Å².